The molecule has 4 heterocycles. The van der Waals surface area contributed by atoms with Gasteiger partial charge in [-0.2, -0.15) is 0 Å². The number of aromatic nitrogens is 6. The van der Waals surface area contributed by atoms with Crippen LogP contribution in [0, 0.1) is 19.7 Å². The summed E-state index contributed by atoms with van der Waals surface area (Å²) in [4.78, 5) is 26.2. The molecule has 0 saturated carbocycles. The molecule has 172 valence electrons. The molecular weight excluding hydrogens is 441 g/mol. The van der Waals surface area contributed by atoms with E-state index in [4.69, 9.17) is 10.2 Å². The largest absolute Gasteiger partial charge is 0.448 e. The predicted molar refractivity (Wildman–Crippen MR) is 121 cm³/mol. The third kappa shape index (κ3) is 3.61. The van der Waals surface area contributed by atoms with Gasteiger partial charge in [0.15, 0.2) is 12.0 Å². The highest BCUT2D eigenvalue weighted by Gasteiger charge is 2.23. The first-order valence-electron chi connectivity index (χ1n) is 10.4. The van der Waals surface area contributed by atoms with Gasteiger partial charge in [0.25, 0.3) is 0 Å². The molecule has 3 N–H and O–H groups in total. The highest BCUT2D eigenvalue weighted by Crippen LogP contribution is 2.35. The smallest absolute Gasteiger partial charge is 0.353 e. The number of anilines is 1. The zero-order chi connectivity index (χ0) is 24.0. The maximum absolute atomic E-state index is 13.6. The number of rotatable bonds is 5. The Morgan fingerprint density at radius 1 is 1.12 bits per heavy atom. The van der Waals surface area contributed by atoms with Crippen molar-refractivity contribution >= 4 is 11.6 Å². The summed E-state index contributed by atoms with van der Waals surface area (Å²) in [7, 11) is 0. The van der Waals surface area contributed by atoms with Gasteiger partial charge in [-0.1, -0.05) is 0 Å². The number of nitrogens with two attached hydrogens (primary N) is 1. The quantitative estimate of drug-likeness (QED) is 0.407. The van der Waals surface area contributed by atoms with Crippen molar-refractivity contribution in [3.8, 4) is 22.4 Å². The number of halogens is 1. The van der Waals surface area contributed by atoms with Gasteiger partial charge in [0.05, 0.1) is 30.1 Å². The van der Waals surface area contributed by atoms with Crippen LogP contribution >= 0.6 is 0 Å². The molecule has 1 aromatic carbocycles. The number of oxazole rings is 1. The van der Waals surface area contributed by atoms with E-state index in [1.807, 2.05) is 0 Å². The minimum absolute atomic E-state index is 0.0700. The molecule has 4 aromatic heterocycles. The van der Waals surface area contributed by atoms with Gasteiger partial charge in [-0.25, -0.2) is 28.2 Å². The number of hydrogen-bond donors (Lipinski definition) is 2. The van der Waals surface area contributed by atoms with E-state index in [9.17, 15) is 14.3 Å². The minimum atomic E-state index is -0.498. The summed E-state index contributed by atoms with van der Waals surface area (Å²) in [6.07, 6.45) is 1.30. The van der Waals surface area contributed by atoms with Gasteiger partial charge < -0.3 is 15.3 Å². The maximum atomic E-state index is 13.6. The molecule has 0 bridgehead atoms. The molecule has 0 unspecified atom stereocenters. The lowest BCUT2D eigenvalue weighted by atomic mass is 9.99. The average molecular weight is 461 g/mol. The Morgan fingerprint density at radius 2 is 1.88 bits per heavy atom. The van der Waals surface area contributed by atoms with E-state index >= 15 is 0 Å². The summed E-state index contributed by atoms with van der Waals surface area (Å²) < 4.78 is 21.3. The molecule has 5 aromatic rings. The van der Waals surface area contributed by atoms with Crippen LogP contribution < -0.4 is 11.4 Å². The van der Waals surface area contributed by atoms with Crippen LogP contribution in [0.3, 0.4) is 0 Å². The maximum Gasteiger partial charge on any atom is 0.353 e. The minimum Gasteiger partial charge on any atom is -0.448 e. The lowest BCUT2D eigenvalue weighted by Gasteiger charge is -2.13. The second-order valence-corrected chi connectivity index (χ2v) is 7.80. The Kier molecular flexibility index (Phi) is 5.17. The molecule has 0 aliphatic carbocycles. The molecule has 10 nitrogen and oxygen atoms in total. The molecule has 0 aliphatic heterocycles. The van der Waals surface area contributed by atoms with Gasteiger partial charge in [-0.3, -0.25) is 4.98 Å². The third-order valence-corrected chi connectivity index (χ3v) is 5.47. The zero-order valence-electron chi connectivity index (χ0n) is 18.4. The van der Waals surface area contributed by atoms with Gasteiger partial charge in [0.2, 0.25) is 5.95 Å². The predicted octanol–water partition coefficient (Wildman–Crippen LogP) is 2.49. The second kappa shape index (κ2) is 8.19. The molecule has 34 heavy (non-hydrogen) atoms. The highest BCUT2D eigenvalue weighted by atomic mass is 19.1. The first-order chi connectivity index (χ1) is 16.4. The molecule has 0 radical (unpaired) electrons. The van der Waals surface area contributed by atoms with Crippen LogP contribution in [0.5, 0.6) is 0 Å². The highest BCUT2D eigenvalue weighted by molar-refractivity contribution is 5.90. The summed E-state index contributed by atoms with van der Waals surface area (Å²) >= 11 is 0. The summed E-state index contributed by atoms with van der Waals surface area (Å²) in [5, 5.41) is 14.3. The fourth-order valence-electron chi connectivity index (χ4n) is 3.87. The van der Waals surface area contributed by atoms with Crippen molar-refractivity contribution in [2.45, 2.75) is 27.0 Å². The third-order valence-electron chi connectivity index (χ3n) is 5.47. The fourth-order valence-corrected chi connectivity index (χ4v) is 3.87. The SMILES string of the molecule is Cc1cc(-c2c(-c3ccc(F)cc3)nc(N)n3c(=O)n(Cc4ncoc4C)nc23)cc(CO)n1. The first kappa shape index (κ1) is 21.5. The van der Waals surface area contributed by atoms with Crippen molar-refractivity contribution < 1.29 is 13.9 Å². The number of pyridine rings is 1. The van der Waals surface area contributed by atoms with Crippen LogP contribution in [0.1, 0.15) is 22.8 Å². The Bertz CT molecular complexity index is 1590. The summed E-state index contributed by atoms with van der Waals surface area (Å²) in [6.45, 7) is 3.34. The number of aryl methyl sites for hydroxylation is 2. The second-order valence-electron chi connectivity index (χ2n) is 7.80. The molecular formula is C23H20FN7O3. The van der Waals surface area contributed by atoms with Gasteiger partial charge in [-0.05, 0) is 55.8 Å². The van der Waals surface area contributed by atoms with Crippen molar-refractivity contribution in [2.75, 3.05) is 5.73 Å². The molecule has 0 atom stereocenters. The average Bonchev–Trinajstić information content (AvgIpc) is 3.36. The van der Waals surface area contributed by atoms with E-state index in [-0.39, 0.29) is 24.7 Å². The van der Waals surface area contributed by atoms with Crippen LogP contribution in [-0.2, 0) is 13.2 Å². The number of benzene rings is 1. The van der Waals surface area contributed by atoms with Crippen LogP contribution in [0.2, 0.25) is 0 Å². The van der Waals surface area contributed by atoms with E-state index < -0.39 is 11.5 Å². The topological polar surface area (TPSA) is 137 Å². The standard InChI is InChI=1S/C23H20FN7O3/c1-12-7-15(8-17(10-32)27-12)19-20(14-3-5-16(24)6-4-14)28-22(25)31-21(19)29-30(23(31)33)9-18-13(2)34-11-26-18/h3-8,11,32H,9-10H2,1-2H3,(H2,25,28). The van der Waals surface area contributed by atoms with Crippen molar-refractivity contribution in [1.29, 1.82) is 0 Å². The molecule has 0 saturated heterocycles. The van der Waals surface area contributed by atoms with Gasteiger partial charge >= 0.3 is 5.69 Å². The van der Waals surface area contributed by atoms with E-state index in [0.717, 1.165) is 0 Å². The Hall–Kier alpha value is -4.38. The summed E-state index contributed by atoms with van der Waals surface area (Å²) in [6, 6.07) is 9.27. The lowest BCUT2D eigenvalue weighted by molar-refractivity contribution is 0.276. The Labute approximate surface area is 192 Å². The lowest BCUT2D eigenvalue weighted by Crippen LogP contribution is -2.24. The molecule has 0 fully saturated rings. The van der Waals surface area contributed by atoms with E-state index in [1.54, 1.807) is 38.1 Å². The number of nitrogen functional groups attached to an aromatic ring is 1. The number of fused-ring (bicyclic) bond motifs is 1. The fraction of sp³-hybridized carbons (Fsp3) is 0.174. The van der Waals surface area contributed by atoms with Crippen LogP contribution in [0.25, 0.3) is 28.0 Å². The molecule has 0 aliphatic rings. The summed E-state index contributed by atoms with van der Waals surface area (Å²) in [5.74, 6) is 0.101. The first-order valence-corrected chi connectivity index (χ1v) is 10.4. The molecule has 11 heteroatoms. The molecule has 5 rings (SSSR count). The van der Waals surface area contributed by atoms with Gasteiger partial charge in [0, 0.05) is 11.3 Å². The number of hydrogen-bond acceptors (Lipinski definition) is 8. The normalized spacial score (nSPS) is 11.4. The number of aliphatic hydroxyl groups is 1. The van der Waals surface area contributed by atoms with Crippen molar-refractivity contribution in [2.24, 2.45) is 0 Å². The van der Waals surface area contributed by atoms with E-state index in [1.165, 1.54) is 27.6 Å². The van der Waals surface area contributed by atoms with E-state index in [0.29, 0.717) is 45.2 Å². The number of aliphatic hydroxyl groups excluding tert-OH is 1. The Morgan fingerprint density at radius 3 is 2.56 bits per heavy atom. The zero-order valence-corrected chi connectivity index (χ0v) is 18.4. The van der Waals surface area contributed by atoms with Crippen molar-refractivity contribution in [1.82, 2.24) is 29.1 Å². The monoisotopic (exact) mass is 461 g/mol. The van der Waals surface area contributed by atoms with Gasteiger partial charge in [-0.15, -0.1) is 5.10 Å². The number of nitrogens with zero attached hydrogens (tertiary/aromatic N) is 6. The van der Waals surface area contributed by atoms with E-state index in [2.05, 4.69) is 20.1 Å². The van der Waals surface area contributed by atoms with Crippen LogP contribution in [-0.4, -0.2) is 34.2 Å². The molecule has 0 spiro atoms. The van der Waals surface area contributed by atoms with Crippen LogP contribution in [0.4, 0.5) is 10.3 Å². The Balaban J connectivity index is 1.84. The summed E-state index contributed by atoms with van der Waals surface area (Å²) in [5.41, 5.74) is 9.74. The van der Waals surface area contributed by atoms with Crippen molar-refractivity contribution in [3.05, 3.63) is 81.9 Å². The van der Waals surface area contributed by atoms with Crippen molar-refractivity contribution in [3.63, 3.8) is 0 Å². The molecule has 0 amide bonds. The van der Waals surface area contributed by atoms with Gasteiger partial charge in [0.1, 0.15) is 17.3 Å². The van der Waals surface area contributed by atoms with Crippen LogP contribution in [0.15, 0.2) is 52.0 Å².